The molecule has 0 saturated heterocycles. The Morgan fingerprint density at radius 1 is 0.941 bits per heavy atom. The summed E-state index contributed by atoms with van der Waals surface area (Å²) in [6.07, 6.45) is 3.74. The molecule has 0 aliphatic heterocycles. The molecule has 0 fully saturated rings. The van der Waals surface area contributed by atoms with Gasteiger partial charge in [-0.15, -0.1) is 0 Å². The largest absolute Gasteiger partial charge is 0.391 e. The van der Waals surface area contributed by atoms with Crippen LogP contribution in [0.1, 0.15) is 74.7 Å². The molecule has 0 rings (SSSR count). The molecule has 0 bridgehead atoms. The van der Waals surface area contributed by atoms with Gasteiger partial charge in [0, 0.05) is 11.2 Å². The smallest absolute Gasteiger partial charge is 0.325 e. The molecule has 0 saturated carbocycles. The molecule has 17 heavy (non-hydrogen) atoms. The third kappa shape index (κ3) is 9.80. The summed E-state index contributed by atoms with van der Waals surface area (Å²) >= 11 is 0. The summed E-state index contributed by atoms with van der Waals surface area (Å²) in [5, 5.41) is 0. The average molecular weight is 260 g/mol. The monoisotopic (exact) mass is 260 g/mol. The van der Waals surface area contributed by atoms with E-state index in [1.807, 2.05) is 0 Å². The maximum absolute atomic E-state index is 6.19. The Kier molecular flexibility index (Phi) is 6.96. The molecule has 2 nitrogen and oxygen atoms in total. The zero-order valence-corrected chi connectivity index (χ0v) is 14.2. The summed E-state index contributed by atoms with van der Waals surface area (Å²) < 4.78 is 12.4. The highest BCUT2D eigenvalue weighted by atomic mass is 28.3. The molecule has 0 aliphatic carbocycles. The average Bonchev–Trinajstić information content (AvgIpc) is 2.08. The molecule has 0 N–H and O–H groups in total. The highest BCUT2D eigenvalue weighted by Gasteiger charge is 2.31. The van der Waals surface area contributed by atoms with E-state index in [9.17, 15) is 0 Å². The van der Waals surface area contributed by atoms with Crippen molar-refractivity contribution in [3.05, 3.63) is 0 Å². The van der Waals surface area contributed by atoms with Crippen LogP contribution in [0, 0.1) is 0 Å². The van der Waals surface area contributed by atoms with Crippen molar-refractivity contribution in [3.8, 4) is 0 Å². The van der Waals surface area contributed by atoms with Crippen LogP contribution in [-0.4, -0.2) is 20.5 Å². The molecule has 0 spiro atoms. The minimum Gasteiger partial charge on any atom is -0.391 e. The quantitative estimate of drug-likeness (QED) is 0.658. The predicted octanol–water partition coefficient (Wildman–Crippen LogP) is 4.42. The van der Waals surface area contributed by atoms with E-state index in [2.05, 4.69) is 55.4 Å². The fraction of sp³-hybridized carbons (Fsp3) is 1.00. The van der Waals surface area contributed by atoms with Crippen LogP contribution in [0.4, 0.5) is 0 Å². The SMILES string of the molecule is CCCCC(C)[SiH](OC(C)(C)C)OC(C)(C)C. The van der Waals surface area contributed by atoms with E-state index >= 15 is 0 Å². The van der Waals surface area contributed by atoms with E-state index < -0.39 is 9.28 Å². The summed E-state index contributed by atoms with van der Waals surface area (Å²) in [5.74, 6) is 0. The first-order valence-corrected chi connectivity index (χ1v) is 8.52. The van der Waals surface area contributed by atoms with Crippen molar-refractivity contribution in [1.29, 1.82) is 0 Å². The van der Waals surface area contributed by atoms with Gasteiger partial charge in [-0.1, -0.05) is 26.7 Å². The summed E-state index contributed by atoms with van der Waals surface area (Å²) in [6.45, 7) is 17.2. The van der Waals surface area contributed by atoms with Gasteiger partial charge in [-0.3, -0.25) is 0 Å². The fourth-order valence-electron chi connectivity index (χ4n) is 1.62. The lowest BCUT2D eigenvalue weighted by Gasteiger charge is -2.34. The number of unbranched alkanes of at least 4 members (excludes halogenated alkanes) is 1. The minimum absolute atomic E-state index is 0.0946. The van der Waals surface area contributed by atoms with E-state index in [1.165, 1.54) is 19.3 Å². The summed E-state index contributed by atoms with van der Waals surface area (Å²) in [5.41, 5.74) is 0.388. The number of hydrogen-bond acceptors (Lipinski definition) is 2. The maximum Gasteiger partial charge on any atom is 0.325 e. The first-order valence-electron chi connectivity index (χ1n) is 6.91. The van der Waals surface area contributed by atoms with Crippen molar-refractivity contribution in [2.24, 2.45) is 0 Å². The molecule has 0 aromatic carbocycles. The van der Waals surface area contributed by atoms with Crippen LogP contribution in [0.2, 0.25) is 5.54 Å². The lowest BCUT2D eigenvalue weighted by molar-refractivity contribution is 0.0290. The first kappa shape index (κ1) is 17.1. The number of hydrogen-bond donors (Lipinski definition) is 0. The third-order valence-electron chi connectivity index (χ3n) is 2.42. The van der Waals surface area contributed by atoms with Crippen molar-refractivity contribution in [1.82, 2.24) is 0 Å². The van der Waals surface area contributed by atoms with Crippen molar-refractivity contribution >= 4 is 9.28 Å². The van der Waals surface area contributed by atoms with Gasteiger partial charge >= 0.3 is 9.28 Å². The van der Waals surface area contributed by atoms with Crippen LogP contribution in [-0.2, 0) is 8.85 Å². The first-order chi connectivity index (χ1) is 7.55. The standard InChI is InChI=1S/C14H32O2Si/c1-9-10-11-12(2)17(15-13(3,4)5)16-14(6,7)8/h12,17H,9-11H2,1-8H3. The topological polar surface area (TPSA) is 18.5 Å². The van der Waals surface area contributed by atoms with Gasteiger partial charge in [0.25, 0.3) is 0 Å². The summed E-state index contributed by atoms with van der Waals surface area (Å²) in [4.78, 5) is 0. The lowest BCUT2D eigenvalue weighted by atomic mass is 10.2. The van der Waals surface area contributed by atoms with Gasteiger partial charge in [0.05, 0.1) is 0 Å². The summed E-state index contributed by atoms with van der Waals surface area (Å²) in [7, 11) is -1.61. The minimum atomic E-state index is -1.61. The Balaban J connectivity index is 4.49. The van der Waals surface area contributed by atoms with Crippen LogP contribution in [0.3, 0.4) is 0 Å². The Bertz CT molecular complexity index is 187. The molecule has 0 heterocycles. The van der Waals surface area contributed by atoms with E-state index in [0.29, 0.717) is 5.54 Å². The predicted molar refractivity (Wildman–Crippen MR) is 77.8 cm³/mol. The van der Waals surface area contributed by atoms with E-state index in [0.717, 1.165) is 0 Å². The highest BCUT2D eigenvalue weighted by Crippen LogP contribution is 2.26. The van der Waals surface area contributed by atoms with Gasteiger partial charge in [0.2, 0.25) is 0 Å². The van der Waals surface area contributed by atoms with Gasteiger partial charge < -0.3 is 8.85 Å². The van der Waals surface area contributed by atoms with E-state index in [4.69, 9.17) is 8.85 Å². The fourth-order valence-corrected chi connectivity index (χ4v) is 4.03. The van der Waals surface area contributed by atoms with Crippen molar-refractivity contribution in [2.45, 2.75) is 91.4 Å². The molecule has 0 aromatic rings. The molecule has 3 heteroatoms. The zero-order chi connectivity index (χ0) is 13.7. The highest BCUT2D eigenvalue weighted by molar-refractivity contribution is 6.46. The molecule has 0 aromatic heterocycles. The van der Waals surface area contributed by atoms with Gasteiger partial charge in [-0.2, -0.15) is 0 Å². The molecule has 0 aliphatic rings. The Hall–Kier alpha value is 0.137. The van der Waals surface area contributed by atoms with Crippen LogP contribution in [0.5, 0.6) is 0 Å². The molecule has 0 radical (unpaired) electrons. The second-order valence-corrected chi connectivity index (χ2v) is 9.29. The van der Waals surface area contributed by atoms with Crippen LogP contribution >= 0.6 is 0 Å². The second-order valence-electron chi connectivity index (χ2n) is 6.95. The van der Waals surface area contributed by atoms with Gasteiger partial charge in [-0.25, -0.2) is 0 Å². The lowest BCUT2D eigenvalue weighted by Crippen LogP contribution is -2.41. The molecule has 104 valence electrons. The van der Waals surface area contributed by atoms with Crippen molar-refractivity contribution in [2.75, 3.05) is 0 Å². The number of rotatable bonds is 6. The van der Waals surface area contributed by atoms with Crippen LogP contribution in [0.25, 0.3) is 0 Å². The molecule has 1 unspecified atom stereocenters. The normalized spacial score (nSPS) is 15.4. The van der Waals surface area contributed by atoms with E-state index in [1.54, 1.807) is 0 Å². The van der Waals surface area contributed by atoms with Gasteiger partial charge in [-0.05, 0) is 53.5 Å². The summed E-state index contributed by atoms with van der Waals surface area (Å²) in [6, 6.07) is 0. The molecular formula is C14H32O2Si. The Morgan fingerprint density at radius 3 is 1.65 bits per heavy atom. The van der Waals surface area contributed by atoms with Crippen molar-refractivity contribution < 1.29 is 8.85 Å². The maximum atomic E-state index is 6.19. The zero-order valence-electron chi connectivity index (χ0n) is 13.1. The van der Waals surface area contributed by atoms with Gasteiger partial charge in [0.1, 0.15) is 0 Å². The molecule has 0 amide bonds. The van der Waals surface area contributed by atoms with Crippen LogP contribution in [0.15, 0.2) is 0 Å². The van der Waals surface area contributed by atoms with Crippen LogP contribution < -0.4 is 0 Å². The Labute approximate surface area is 110 Å². The Morgan fingerprint density at radius 2 is 1.35 bits per heavy atom. The van der Waals surface area contributed by atoms with E-state index in [-0.39, 0.29) is 11.2 Å². The second kappa shape index (κ2) is 6.91. The molecular weight excluding hydrogens is 228 g/mol. The third-order valence-corrected chi connectivity index (χ3v) is 5.56. The van der Waals surface area contributed by atoms with Gasteiger partial charge in [0.15, 0.2) is 0 Å². The molecule has 1 atom stereocenters. The van der Waals surface area contributed by atoms with Crippen molar-refractivity contribution in [3.63, 3.8) is 0 Å².